The quantitative estimate of drug-likeness (QED) is 0.541. The smallest absolute Gasteiger partial charge is 0.0538 e. The van der Waals surface area contributed by atoms with Crippen LogP contribution in [0, 0.1) is 0 Å². The van der Waals surface area contributed by atoms with Crippen LogP contribution in [0.4, 0.5) is 0 Å². The summed E-state index contributed by atoms with van der Waals surface area (Å²) in [6.07, 6.45) is 6.72. The van der Waals surface area contributed by atoms with E-state index in [2.05, 4.69) is 27.7 Å². The summed E-state index contributed by atoms with van der Waals surface area (Å²) in [5.41, 5.74) is 0. The monoisotopic (exact) mass is 130 g/mol. The molecule has 0 heteroatoms. The van der Waals surface area contributed by atoms with E-state index in [0.717, 1.165) is 0 Å². The summed E-state index contributed by atoms with van der Waals surface area (Å²) in [6.45, 7) is 8.78. The third kappa shape index (κ3) is 32.0. The van der Waals surface area contributed by atoms with E-state index < -0.39 is 0 Å². The van der Waals surface area contributed by atoms with Crippen LogP contribution in [0.5, 0.6) is 0 Å². The molecule has 0 aliphatic carbocycles. The van der Waals surface area contributed by atoms with Gasteiger partial charge in [0.1, 0.15) is 0 Å². The molecule has 58 valence electrons. The predicted octanol–water partition coefficient (Wildman–Crippen LogP) is 4.00. The molecule has 0 aliphatic rings. The van der Waals surface area contributed by atoms with Crippen molar-refractivity contribution in [2.45, 2.75) is 59.8 Å². The van der Waals surface area contributed by atoms with E-state index in [1.165, 1.54) is 32.1 Å². The first-order valence-corrected chi connectivity index (χ1v) is 4.33. The van der Waals surface area contributed by atoms with Crippen molar-refractivity contribution in [1.29, 1.82) is 0 Å². The third-order valence-electron chi connectivity index (χ3n) is 1.21. The van der Waals surface area contributed by atoms with Crippen LogP contribution >= 0.6 is 0 Å². The lowest BCUT2D eigenvalue weighted by molar-refractivity contribution is 0.772. The molecule has 0 aromatic rings. The van der Waals surface area contributed by atoms with Gasteiger partial charge in [0.15, 0.2) is 0 Å². The van der Waals surface area contributed by atoms with E-state index in [1.54, 1.807) is 0 Å². The van der Waals surface area contributed by atoms with E-state index in [0.29, 0.717) is 0 Å². The lowest BCUT2D eigenvalue weighted by Gasteiger charge is -1.79. The first kappa shape index (κ1) is 11.8. The summed E-state index contributed by atoms with van der Waals surface area (Å²) in [6, 6.07) is 0. The summed E-state index contributed by atoms with van der Waals surface area (Å²) < 4.78 is 0. The van der Waals surface area contributed by atoms with Gasteiger partial charge in [-0.1, -0.05) is 59.8 Å². The standard InChI is InChI=1S/C5H12.C4H10/c1-3-5-4-2;1-3-4-2/h3-5H2,1-2H3;3-4H2,1-2H3. The summed E-state index contributed by atoms with van der Waals surface area (Å²) >= 11 is 0. The Balaban J connectivity index is 0. The van der Waals surface area contributed by atoms with E-state index in [9.17, 15) is 0 Å². The van der Waals surface area contributed by atoms with Crippen LogP contribution in [-0.4, -0.2) is 0 Å². The predicted molar refractivity (Wildman–Crippen MR) is 45.8 cm³/mol. The van der Waals surface area contributed by atoms with E-state index in [4.69, 9.17) is 0 Å². The molecule has 0 aliphatic heterocycles. The van der Waals surface area contributed by atoms with Gasteiger partial charge in [-0.15, -0.1) is 0 Å². The highest BCUT2D eigenvalue weighted by atomic mass is 13.7. The summed E-state index contributed by atoms with van der Waals surface area (Å²) in [7, 11) is 0. The Morgan fingerprint density at radius 2 is 0.889 bits per heavy atom. The highest BCUT2D eigenvalue weighted by molar-refractivity contribution is 4.24. The van der Waals surface area contributed by atoms with Crippen molar-refractivity contribution in [3.8, 4) is 0 Å². The Bertz CT molecular complexity index is 19.2. The van der Waals surface area contributed by atoms with Gasteiger partial charge in [-0.05, 0) is 0 Å². The second-order valence-corrected chi connectivity index (χ2v) is 2.35. The van der Waals surface area contributed by atoms with Crippen LogP contribution in [0.25, 0.3) is 0 Å². The van der Waals surface area contributed by atoms with Crippen molar-refractivity contribution in [3.63, 3.8) is 0 Å². The second-order valence-electron chi connectivity index (χ2n) is 2.35. The van der Waals surface area contributed by atoms with Crippen molar-refractivity contribution >= 4 is 0 Å². The van der Waals surface area contributed by atoms with Gasteiger partial charge in [0.05, 0.1) is 0 Å². The molecular weight excluding hydrogens is 108 g/mol. The Morgan fingerprint density at radius 1 is 0.556 bits per heavy atom. The first-order valence-electron chi connectivity index (χ1n) is 4.33. The molecular formula is C9H22. The van der Waals surface area contributed by atoms with E-state index in [1.807, 2.05) is 0 Å². The zero-order valence-electron chi connectivity index (χ0n) is 7.54. The van der Waals surface area contributed by atoms with Gasteiger partial charge in [0.25, 0.3) is 0 Å². The molecule has 0 bridgehead atoms. The Hall–Kier alpha value is 0. The van der Waals surface area contributed by atoms with Crippen molar-refractivity contribution in [2.24, 2.45) is 0 Å². The van der Waals surface area contributed by atoms with Crippen LogP contribution in [0.3, 0.4) is 0 Å². The fourth-order valence-electron chi connectivity index (χ4n) is 0.354. The molecule has 0 nitrogen and oxygen atoms in total. The number of unbranched alkanes of at least 4 members (excludes halogenated alkanes) is 3. The van der Waals surface area contributed by atoms with Gasteiger partial charge >= 0.3 is 0 Å². The molecule has 0 fully saturated rings. The van der Waals surface area contributed by atoms with Crippen molar-refractivity contribution in [3.05, 3.63) is 0 Å². The van der Waals surface area contributed by atoms with Crippen molar-refractivity contribution in [2.75, 3.05) is 0 Å². The Morgan fingerprint density at radius 3 is 0.889 bits per heavy atom. The van der Waals surface area contributed by atoms with Gasteiger partial charge in [-0.25, -0.2) is 0 Å². The SMILES string of the molecule is CCCC.CCCCC. The van der Waals surface area contributed by atoms with E-state index in [-0.39, 0.29) is 0 Å². The molecule has 0 saturated carbocycles. The average Bonchev–Trinajstić information content (AvgIpc) is 1.91. The zero-order valence-corrected chi connectivity index (χ0v) is 7.54. The minimum atomic E-state index is 1.32. The molecule has 0 atom stereocenters. The van der Waals surface area contributed by atoms with Gasteiger partial charge < -0.3 is 0 Å². The molecule has 0 saturated heterocycles. The summed E-state index contributed by atoms with van der Waals surface area (Å²) in [4.78, 5) is 0. The minimum Gasteiger partial charge on any atom is -0.0654 e. The van der Waals surface area contributed by atoms with Gasteiger partial charge in [-0.2, -0.15) is 0 Å². The largest absolute Gasteiger partial charge is 0.0654 e. The highest BCUT2D eigenvalue weighted by Crippen LogP contribution is 1.88. The molecule has 0 radical (unpaired) electrons. The van der Waals surface area contributed by atoms with Gasteiger partial charge in [0, 0.05) is 0 Å². The maximum Gasteiger partial charge on any atom is -0.0538 e. The van der Waals surface area contributed by atoms with Crippen LogP contribution < -0.4 is 0 Å². The zero-order chi connectivity index (χ0) is 7.54. The normalized spacial score (nSPS) is 8.00. The maximum atomic E-state index is 2.21. The molecule has 9 heavy (non-hydrogen) atoms. The summed E-state index contributed by atoms with van der Waals surface area (Å²) in [5.74, 6) is 0. The third-order valence-corrected chi connectivity index (χ3v) is 1.21. The molecule has 0 heterocycles. The number of hydrogen-bond acceptors (Lipinski definition) is 0. The lowest BCUT2D eigenvalue weighted by Crippen LogP contribution is -1.59. The minimum absolute atomic E-state index is 1.32. The lowest BCUT2D eigenvalue weighted by atomic mass is 10.3. The Labute approximate surface area is 60.7 Å². The fraction of sp³-hybridized carbons (Fsp3) is 1.00. The van der Waals surface area contributed by atoms with Gasteiger partial charge in [0.2, 0.25) is 0 Å². The van der Waals surface area contributed by atoms with Crippen LogP contribution in [-0.2, 0) is 0 Å². The second kappa shape index (κ2) is 15.7. The molecule has 0 amide bonds. The van der Waals surface area contributed by atoms with Crippen LogP contribution in [0.1, 0.15) is 59.8 Å². The first-order chi connectivity index (χ1) is 4.33. The molecule has 0 spiro atoms. The summed E-state index contributed by atoms with van der Waals surface area (Å²) in [5, 5.41) is 0. The van der Waals surface area contributed by atoms with Crippen LogP contribution in [0.15, 0.2) is 0 Å². The van der Waals surface area contributed by atoms with E-state index >= 15 is 0 Å². The molecule has 0 aromatic heterocycles. The molecule has 0 unspecified atom stereocenters. The Kier molecular flexibility index (Phi) is 20.5. The molecule has 0 aromatic carbocycles. The van der Waals surface area contributed by atoms with Crippen molar-refractivity contribution in [1.82, 2.24) is 0 Å². The molecule has 0 rings (SSSR count). The van der Waals surface area contributed by atoms with Crippen LogP contribution in [0.2, 0.25) is 0 Å². The number of rotatable bonds is 3. The topological polar surface area (TPSA) is 0 Å². The highest BCUT2D eigenvalue weighted by Gasteiger charge is 1.68. The fourth-order valence-corrected chi connectivity index (χ4v) is 0.354. The van der Waals surface area contributed by atoms with Crippen molar-refractivity contribution < 1.29 is 0 Å². The molecule has 0 N–H and O–H groups in total. The maximum absolute atomic E-state index is 2.21. The number of hydrogen-bond donors (Lipinski definition) is 0. The average molecular weight is 130 g/mol. The van der Waals surface area contributed by atoms with Gasteiger partial charge in [-0.3, -0.25) is 0 Å².